The first-order valence-corrected chi connectivity index (χ1v) is 17.1. The van der Waals surface area contributed by atoms with Crippen molar-refractivity contribution < 1.29 is 43.0 Å². The average molecular weight is 707 g/mol. The van der Waals surface area contributed by atoms with Gasteiger partial charge in [-0.2, -0.15) is 0 Å². The predicted molar refractivity (Wildman–Crippen MR) is 188 cm³/mol. The lowest BCUT2D eigenvalue weighted by Crippen LogP contribution is -2.57. The van der Waals surface area contributed by atoms with Crippen molar-refractivity contribution in [1.82, 2.24) is 26.6 Å². The molecule has 0 aliphatic rings. The molecule has 15 nitrogen and oxygen atoms in total. The lowest BCUT2D eigenvalue weighted by atomic mass is 10.0. The molecule has 0 heterocycles. The quantitative estimate of drug-likeness (QED) is 0.0700. The third-order valence-electron chi connectivity index (χ3n) is 6.88. The molecule has 7 N–H and O–H groups in total. The van der Waals surface area contributed by atoms with Crippen LogP contribution >= 0.6 is 0 Å². The summed E-state index contributed by atoms with van der Waals surface area (Å²) < 4.78 is 15.9. The van der Waals surface area contributed by atoms with Gasteiger partial charge in [-0.05, 0) is 91.5 Å². The Labute approximate surface area is 295 Å². The number of hydrogen-bond acceptors (Lipinski definition) is 9. The molecule has 1 aromatic rings. The van der Waals surface area contributed by atoms with Gasteiger partial charge in [0.05, 0.1) is 0 Å². The van der Waals surface area contributed by atoms with Crippen LogP contribution in [0.5, 0.6) is 0 Å². The van der Waals surface area contributed by atoms with Gasteiger partial charge in [0.2, 0.25) is 11.8 Å². The zero-order chi connectivity index (χ0) is 37.9. The van der Waals surface area contributed by atoms with Crippen molar-refractivity contribution in [2.75, 3.05) is 13.1 Å². The molecule has 0 fully saturated rings. The summed E-state index contributed by atoms with van der Waals surface area (Å²) in [4.78, 5) is 75.5. The van der Waals surface area contributed by atoms with E-state index in [1.54, 1.807) is 55.4 Å². The lowest BCUT2D eigenvalue weighted by Gasteiger charge is -2.26. The molecule has 0 saturated heterocycles. The van der Waals surface area contributed by atoms with E-state index in [2.05, 4.69) is 26.6 Å². The van der Waals surface area contributed by atoms with Crippen molar-refractivity contribution in [3.05, 3.63) is 35.9 Å². The highest BCUT2D eigenvalue weighted by Gasteiger charge is 2.30. The number of esters is 1. The van der Waals surface area contributed by atoms with Gasteiger partial charge in [0.25, 0.3) is 0 Å². The second-order valence-corrected chi connectivity index (χ2v) is 14.3. The van der Waals surface area contributed by atoms with E-state index in [9.17, 15) is 28.8 Å². The fourth-order valence-corrected chi connectivity index (χ4v) is 4.49. The van der Waals surface area contributed by atoms with Gasteiger partial charge >= 0.3 is 24.2 Å². The maximum absolute atomic E-state index is 13.3. The van der Waals surface area contributed by atoms with Crippen molar-refractivity contribution >= 4 is 36.0 Å². The number of urea groups is 1. The number of ether oxygens (including phenoxy) is 3. The summed E-state index contributed by atoms with van der Waals surface area (Å²) in [6, 6.07) is 5.31. The SMILES string of the molecule is CC(C)[C@H](NC(=O)[C@@H](CCCCNC(=O)OCc1ccccc1)NC(=O)N[C@@H](CCCCNC(=O)OC(C)(C)C)C(=O)OC(C)(C)C)C(N)=O. The molecule has 0 radical (unpaired) electrons. The first kappa shape index (κ1) is 43.5. The monoisotopic (exact) mass is 706 g/mol. The molecular formula is C35H58N6O9. The van der Waals surface area contributed by atoms with E-state index in [0.717, 1.165) is 5.56 Å². The van der Waals surface area contributed by atoms with Crippen molar-refractivity contribution in [2.45, 2.75) is 130 Å². The first-order valence-electron chi connectivity index (χ1n) is 17.1. The van der Waals surface area contributed by atoms with Gasteiger partial charge in [0.15, 0.2) is 0 Å². The summed E-state index contributed by atoms with van der Waals surface area (Å²) in [6.45, 7) is 14.5. The van der Waals surface area contributed by atoms with Gasteiger partial charge in [0.1, 0.15) is 35.9 Å². The van der Waals surface area contributed by atoms with E-state index in [4.69, 9.17) is 19.9 Å². The molecule has 0 spiro atoms. The van der Waals surface area contributed by atoms with Gasteiger partial charge in [-0.25, -0.2) is 19.2 Å². The number of amides is 6. The van der Waals surface area contributed by atoms with Crippen LogP contribution in [0.15, 0.2) is 30.3 Å². The summed E-state index contributed by atoms with van der Waals surface area (Å²) >= 11 is 0. The van der Waals surface area contributed by atoms with Gasteiger partial charge in [0, 0.05) is 13.1 Å². The topological polar surface area (TPSA) is 216 Å². The fourth-order valence-electron chi connectivity index (χ4n) is 4.49. The zero-order valence-electron chi connectivity index (χ0n) is 30.8. The highest BCUT2D eigenvalue weighted by molar-refractivity contribution is 5.92. The van der Waals surface area contributed by atoms with Crippen LogP contribution in [0.3, 0.4) is 0 Å². The molecule has 0 unspecified atom stereocenters. The minimum atomic E-state index is -1.10. The average Bonchev–Trinajstić information content (AvgIpc) is 2.99. The highest BCUT2D eigenvalue weighted by Crippen LogP contribution is 2.13. The number of unbranched alkanes of at least 4 members (excludes halogenated alkanes) is 2. The summed E-state index contributed by atoms with van der Waals surface area (Å²) in [5.41, 5.74) is 4.88. The molecule has 282 valence electrons. The fraction of sp³-hybridized carbons (Fsp3) is 0.657. The van der Waals surface area contributed by atoms with Crippen molar-refractivity contribution in [1.29, 1.82) is 0 Å². The Morgan fingerprint density at radius 1 is 0.700 bits per heavy atom. The van der Waals surface area contributed by atoms with E-state index < -0.39 is 65.3 Å². The maximum atomic E-state index is 13.3. The van der Waals surface area contributed by atoms with Crippen LogP contribution in [0.25, 0.3) is 0 Å². The van der Waals surface area contributed by atoms with Crippen LogP contribution in [0.1, 0.15) is 99.5 Å². The molecule has 0 aliphatic carbocycles. The van der Waals surface area contributed by atoms with Crippen LogP contribution in [0.2, 0.25) is 0 Å². The Kier molecular flexibility index (Phi) is 18.7. The number of nitrogens with one attached hydrogen (secondary N) is 5. The zero-order valence-corrected chi connectivity index (χ0v) is 30.8. The van der Waals surface area contributed by atoms with Crippen molar-refractivity contribution in [3.63, 3.8) is 0 Å². The highest BCUT2D eigenvalue weighted by atomic mass is 16.6. The van der Waals surface area contributed by atoms with Crippen LogP contribution in [-0.4, -0.2) is 78.4 Å². The van der Waals surface area contributed by atoms with E-state index in [-0.39, 0.29) is 31.9 Å². The normalized spacial score (nSPS) is 13.2. The molecular weight excluding hydrogens is 648 g/mol. The lowest BCUT2D eigenvalue weighted by molar-refractivity contribution is -0.157. The van der Waals surface area contributed by atoms with Gasteiger partial charge < -0.3 is 46.5 Å². The largest absolute Gasteiger partial charge is 0.458 e. The van der Waals surface area contributed by atoms with Crippen LogP contribution in [-0.2, 0) is 35.2 Å². The summed E-state index contributed by atoms with van der Waals surface area (Å²) in [7, 11) is 0. The Bertz CT molecular complexity index is 1250. The molecule has 0 aromatic heterocycles. The van der Waals surface area contributed by atoms with Crippen LogP contribution < -0.4 is 32.3 Å². The molecule has 0 bridgehead atoms. The smallest absolute Gasteiger partial charge is 0.407 e. The molecule has 1 rings (SSSR count). The Hall–Kier alpha value is -4.56. The van der Waals surface area contributed by atoms with E-state index in [0.29, 0.717) is 32.2 Å². The number of nitrogens with two attached hydrogens (primary N) is 1. The molecule has 6 amide bonds. The van der Waals surface area contributed by atoms with Gasteiger partial charge in [-0.15, -0.1) is 0 Å². The molecule has 15 heteroatoms. The Balaban J connectivity index is 2.85. The molecule has 3 atom stereocenters. The summed E-state index contributed by atoms with van der Waals surface area (Å²) in [5, 5.41) is 13.2. The van der Waals surface area contributed by atoms with E-state index in [1.165, 1.54) is 0 Å². The maximum Gasteiger partial charge on any atom is 0.407 e. The van der Waals surface area contributed by atoms with E-state index in [1.807, 2.05) is 30.3 Å². The summed E-state index contributed by atoms with van der Waals surface area (Å²) in [5.74, 6) is -2.32. The standard InChI is InChI=1S/C35H58N6O9/c1-23(2)27(28(36)42)41-29(43)25(18-12-14-20-37-32(46)48-22-24-16-10-9-11-17-24)39-31(45)40-26(30(44)49-34(3,4)5)19-13-15-21-38-33(47)50-35(6,7)8/h9-11,16-17,23,25-27H,12-15,18-22H2,1-8H3,(H2,36,42)(H,37,46)(H,38,47)(H,41,43)(H2,39,40,45)/t25-,26+,27+/m1/s1. The first-order chi connectivity index (χ1) is 23.3. The number of hydrogen-bond donors (Lipinski definition) is 6. The molecule has 50 heavy (non-hydrogen) atoms. The number of rotatable bonds is 19. The van der Waals surface area contributed by atoms with Crippen molar-refractivity contribution in [2.24, 2.45) is 11.7 Å². The number of primary amides is 1. The third-order valence-corrected chi connectivity index (χ3v) is 6.88. The second kappa shape index (κ2) is 21.5. The van der Waals surface area contributed by atoms with E-state index >= 15 is 0 Å². The third kappa shape index (κ3) is 20.1. The number of benzene rings is 1. The Morgan fingerprint density at radius 2 is 1.22 bits per heavy atom. The number of carbonyl (C=O) groups is 6. The number of carbonyl (C=O) groups excluding carboxylic acids is 6. The van der Waals surface area contributed by atoms with Crippen LogP contribution in [0.4, 0.5) is 14.4 Å². The Morgan fingerprint density at radius 3 is 1.74 bits per heavy atom. The second-order valence-electron chi connectivity index (χ2n) is 14.3. The minimum absolute atomic E-state index is 0.123. The van der Waals surface area contributed by atoms with Crippen LogP contribution in [0, 0.1) is 5.92 Å². The van der Waals surface area contributed by atoms with Gasteiger partial charge in [-0.3, -0.25) is 9.59 Å². The summed E-state index contributed by atoms with van der Waals surface area (Å²) in [6.07, 6.45) is 0.988. The minimum Gasteiger partial charge on any atom is -0.458 e. The molecule has 0 saturated carbocycles. The number of alkyl carbamates (subject to hydrolysis) is 2. The van der Waals surface area contributed by atoms with Gasteiger partial charge in [-0.1, -0.05) is 44.2 Å². The predicted octanol–water partition coefficient (Wildman–Crippen LogP) is 3.78. The molecule has 0 aliphatic heterocycles. The van der Waals surface area contributed by atoms with Crippen molar-refractivity contribution in [3.8, 4) is 0 Å². The molecule has 1 aromatic carbocycles.